The topological polar surface area (TPSA) is 63.2 Å². The maximum atomic E-state index is 12.5. The van der Waals surface area contributed by atoms with Crippen LogP contribution in [0, 0.1) is 0 Å². The Morgan fingerprint density at radius 1 is 0.511 bits per heavy atom. The summed E-state index contributed by atoms with van der Waals surface area (Å²) in [6, 6.07) is 37.2. The lowest BCUT2D eigenvalue weighted by molar-refractivity contribution is 0.176. The maximum Gasteiger partial charge on any atom is 0.335 e. The van der Waals surface area contributed by atoms with Gasteiger partial charge in [-0.1, -0.05) is 125 Å². The van der Waals surface area contributed by atoms with E-state index in [0.29, 0.717) is 39.2 Å². The summed E-state index contributed by atoms with van der Waals surface area (Å²) in [5, 5.41) is 0.919. The number of rotatable bonds is 15. The molecule has 0 unspecified atom stereocenters. The fraction of sp³-hybridized carbons (Fsp3) is 0.333. The van der Waals surface area contributed by atoms with Gasteiger partial charge >= 0.3 is 16.2 Å². The number of benzene rings is 4. The van der Waals surface area contributed by atoms with Crippen LogP contribution in [-0.4, -0.2) is 33.0 Å². The molecule has 0 radical (unpaired) electrons. The monoisotopic (exact) mass is 716 g/mol. The maximum absolute atomic E-state index is 12.5. The van der Waals surface area contributed by atoms with E-state index >= 15 is 0 Å². The number of halogens is 1. The smallest absolute Gasteiger partial charge is 0.313 e. The standard InChI is InChI=1S/C17H21O3P.C13H11Br.C6H15O3P/c1-3-19-21(18,20-4-2)14-15-10-12-17(13-11-15)16-8-6-5-7-9-16;14-10-11-6-8-13(9-7-11)12-4-2-1-3-5-12;1-4-7-10(8-5-2)9-6-3/h5-13H,3-4,14H2,1-2H3;1-9H,10H2;4-6H2,1-3H3. The van der Waals surface area contributed by atoms with E-state index in [0.717, 1.165) is 16.5 Å². The van der Waals surface area contributed by atoms with Crippen molar-refractivity contribution in [1.29, 1.82) is 0 Å². The Labute approximate surface area is 280 Å². The highest BCUT2D eigenvalue weighted by molar-refractivity contribution is 9.08. The highest BCUT2D eigenvalue weighted by Gasteiger charge is 2.23. The second-order valence-corrected chi connectivity index (χ2v) is 13.2. The minimum Gasteiger partial charge on any atom is -0.313 e. The van der Waals surface area contributed by atoms with Gasteiger partial charge in [0.25, 0.3) is 0 Å². The van der Waals surface area contributed by atoms with Crippen molar-refractivity contribution in [2.24, 2.45) is 0 Å². The van der Waals surface area contributed by atoms with Crippen molar-refractivity contribution >= 4 is 32.1 Å². The van der Waals surface area contributed by atoms with Crippen LogP contribution in [0.4, 0.5) is 0 Å². The summed E-state index contributed by atoms with van der Waals surface area (Å²) >= 11 is 3.44. The van der Waals surface area contributed by atoms with E-state index in [4.69, 9.17) is 22.6 Å². The third-order valence-electron chi connectivity index (χ3n) is 6.01. The predicted molar refractivity (Wildman–Crippen MR) is 193 cm³/mol. The van der Waals surface area contributed by atoms with Gasteiger partial charge in [0.05, 0.1) is 39.2 Å². The van der Waals surface area contributed by atoms with Crippen molar-refractivity contribution in [1.82, 2.24) is 0 Å². The van der Waals surface area contributed by atoms with Crippen LogP contribution in [0.1, 0.15) is 45.7 Å². The summed E-state index contributed by atoms with van der Waals surface area (Å²) in [7, 11) is -4.09. The molecule has 0 spiro atoms. The molecule has 6 nitrogen and oxygen atoms in total. The summed E-state index contributed by atoms with van der Waals surface area (Å²) in [4.78, 5) is 0. The van der Waals surface area contributed by atoms with Crippen LogP contribution in [-0.2, 0) is 38.7 Å². The fourth-order valence-corrected chi connectivity index (χ4v) is 6.96. The molecule has 0 N–H and O–H groups in total. The van der Waals surface area contributed by atoms with Gasteiger partial charge in [-0.05, 0) is 68.0 Å². The van der Waals surface area contributed by atoms with Gasteiger partial charge in [-0.2, -0.15) is 0 Å². The minimum absolute atomic E-state index is 0.309. The van der Waals surface area contributed by atoms with E-state index < -0.39 is 16.2 Å². The number of hydrogen-bond donors (Lipinski definition) is 0. The van der Waals surface area contributed by atoms with Gasteiger partial charge < -0.3 is 22.6 Å². The van der Waals surface area contributed by atoms with Crippen molar-refractivity contribution in [2.45, 2.75) is 46.1 Å². The molecular weight excluding hydrogens is 670 g/mol. The minimum atomic E-state index is -3.03. The Morgan fingerprint density at radius 3 is 1.20 bits per heavy atom. The summed E-state index contributed by atoms with van der Waals surface area (Å²) in [6.07, 6.45) is 0.309. The van der Waals surface area contributed by atoms with Gasteiger partial charge in [0.15, 0.2) is 0 Å². The van der Waals surface area contributed by atoms with Crippen molar-refractivity contribution < 1.29 is 27.2 Å². The first-order valence-corrected chi connectivity index (χ1v) is 19.3. The molecule has 4 aromatic carbocycles. The van der Waals surface area contributed by atoms with E-state index in [2.05, 4.69) is 76.6 Å². The molecule has 4 aromatic rings. The average molecular weight is 718 g/mol. The van der Waals surface area contributed by atoms with E-state index in [1.807, 2.05) is 83.1 Å². The third-order valence-corrected chi connectivity index (χ3v) is 10.1. The average Bonchev–Trinajstić information content (AvgIpc) is 3.07. The molecule has 0 saturated carbocycles. The van der Waals surface area contributed by atoms with Crippen LogP contribution < -0.4 is 0 Å². The molecule has 4 rings (SSSR count). The van der Waals surface area contributed by atoms with Gasteiger partial charge in [0, 0.05) is 5.33 Å². The molecule has 45 heavy (non-hydrogen) atoms. The van der Waals surface area contributed by atoms with Crippen molar-refractivity contribution in [3.63, 3.8) is 0 Å². The van der Waals surface area contributed by atoms with E-state index in [-0.39, 0.29) is 0 Å². The van der Waals surface area contributed by atoms with E-state index in [1.165, 1.54) is 22.3 Å². The van der Waals surface area contributed by atoms with Crippen LogP contribution in [0.3, 0.4) is 0 Å². The van der Waals surface area contributed by atoms with Crippen molar-refractivity contribution in [3.05, 3.63) is 120 Å². The SMILES string of the molecule is BrCc1ccc(-c2ccccc2)cc1.CCOP(=O)(Cc1ccc(-c2ccccc2)cc1)OCC.CCOP(OCC)OCC. The summed E-state index contributed by atoms with van der Waals surface area (Å²) in [5.41, 5.74) is 7.12. The fourth-order valence-electron chi connectivity index (χ4n) is 4.02. The molecule has 0 aliphatic rings. The van der Waals surface area contributed by atoms with Gasteiger partial charge in [0.1, 0.15) is 0 Å². The van der Waals surface area contributed by atoms with Crippen LogP contribution in [0.5, 0.6) is 0 Å². The summed E-state index contributed by atoms with van der Waals surface area (Å²) < 4.78 is 38.6. The highest BCUT2D eigenvalue weighted by atomic mass is 79.9. The van der Waals surface area contributed by atoms with Crippen LogP contribution in [0.15, 0.2) is 109 Å². The van der Waals surface area contributed by atoms with Gasteiger partial charge in [0.2, 0.25) is 0 Å². The summed E-state index contributed by atoms with van der Waals surface area (Å²) in [6.45, 7) is 12.1. The lowest BCUT2D eigenvalue weighted by atomic mass is 10.0. The van der Waals surface area contributed by atoms with E-state index in [1.54, 1.807) is 0 Å². The first kappa shape index (κ1) is 39.0. The highest BCUT2D eigenvalue weighted by Crippen LogP contribution is 2.51. The molecule has 0 fully saturated rings. The Balaban J connectivity index is 0.000000254. The van der Waals surface area contributed by atoms with Crippen LogP contribution >= 0.6 is 32.1 Å². The summed E-state index contributed by atoms with van der Waals surface area (Å²) in [5.74, 6) is 0. The zero-order valence-electron chi connectivity index (χ0n) is 27.1. The second kappa shape index (κ2) is 23.2. The molecule has 244 valence electrons. The Morgan fingerprint density at radius 2 is 0.867 bits per heavy atom. The Kier molecular flexibility index (Phi) is 20.1. The molecule has 0 aliphatic heterocycles. The molecule has 0 bridgehead atoms. The lowest BCUT2D eigenvalue weighted by Gasteiger charge is -2.17. The first-order chi connectivity index (χ1) is 21.9. The van der Waals surface area contributed by atoms with Gasteiger partial charge in [-0.15, -0.1) is 0 Å². The number of hydrogen-bond acceptors (Lipinski definition) is 6. The quantitative estimate of drug-likeness (QED) is 0.0901. The molecule has 0 saturated heterocycles. The molecule has 0 atom stereocenters. The van der Waals surface area contributed by atoms with Gasteiger partial charge in [-0.25, -0.2) is 0 Å². The molecule has 0 aromatic heterocycles. The lowest BCUT2D eigenvalue weighted by Crippen LogP contribution is -1.99. The molecule has 9 heteroatoms. The normalized spacial score (nSPS) is 10.9. The van der Waals surface area contributed by atoms with E-state index in [9.17, 15) is 4.57 Å². The Hall–Kier alpha value is -2.18. The molecule has 0 heterocycles. The van der Waals surface area contributed by atoms with Gasteiger partial charge in [-0.3, -0.25) is 4.57 Å². The van der Waals surface area contributed by atoms with Crippen molar-refractivity contribution in [2.75, 3.05) is 33.0 Å². The van der Waals surface area contributed by atoms with Crippen LogP contribution in [0.25, 0.3) is 22.3 Å². The number of alkyl halides is 1. The van der Waals surface area contributed by atoms with Crippen molar-refractivity contribution in [3.8, 4) is 22.3 Å². The Bertz CT molecular complexity index is 1320. The zero-order chi connectivity index (χ0) is 32.8. The molecule has 0 amide bonds. The molecular formula is C36H47BrO6P2. The zero-order valence-corrected chi connectivity index (χ0v) is 30.4. The first-order valence-electron chi connectivity index (χ1n) is 15.3. The largest absolute Gasteiger partial charge is 0.335 e. The molecule has 0 aliphatic carbocycles. The second-order valence-electron chi connectivity index (χ2n) is 9.34. The van der Waals surface area contributed by atoms with Crippen LogP contribution in [0.2, 0.25) is 0 Å². The third kappa shape index (κ3) is 15.3. The predicted octanol–water partition coefficient (Wildman–Crippen LogP) is 11.7.